The Hall–Kier alpha value is -4.69. The Morgan fingerprint density at radius 1 is 1.12 bits per heavy atom. The zero-order valence-electron chi connectivity index (χ0n) is 17.4. The zero-order valence-corrected chi connectivity index (χ0v) is 18.2. The van der Waals surface area contributed by atoms with Gasteiger partial charge < -0.3 is 9.14 Å². The van der Waals surface area contributed by atoms with Gasteiger partial charge in [-0.3, -0.25) is 14.8 Å². The monoisotopic (exact) mass is 476 g/mol. The molecule has 170 valence electrons. The van der Waals surface area contributed by atoms with Crippen LogP contribution in [-0.4, -0.2) is 23.7 Å². The molecule has 0 amide bonds. The number of nitrogens with one attached hydrogen (secondary N) is 1. The number of nitro groups is 1. The first kappa shape index (κ1) is 22.5. The van der Waals surface area contributed by atoms with E-state index in [1.165, 1.54) is 42.5 Å². The van der Waals surface area contributed by atoms with E-state index in [2.05, 4.69) is 10.8 Å². The maximum Gasteiger partial charge on any atom is 0.340 e. The van der Waals surface area contributed by atoms with Gasteiger partial charge in [-0.15, -0.1) is 0 Å². The molecule has 0 radical (unpaired) electrons. The molecule has 0 aliphatic rings. The van der Waals surface area contributed by atoms with Crippen LogP contribution in [0.1, 0.15) is 21.5 Å². The molecule has 0 saturated carbocycles. The molecule has 2 aromatic carbocycles. The number of nitriles is 1. The first-order chi connectivity index (χ1) is 16.3. The maximum atomic E-state index is 12.8. The van der Waals surface area contributed by atoms with E-state index in [0.717, 1.165) is 6.07 Å². The van der Waals surface area contributed by atoms with Crippen molar-refractivity contribution in [3.05, 3.63) is 106 Å². The second-order valence-corrected chi connectivity index (χ2v) is 8.80. The highest BCUT2D eigenvalue weighted by molar-refractivity contribution is 7.92. The van der Waals surface area contributed by atoms with Crippen molar-refractivity contribution in [3.8, 4) is 6.07 Å². The summed E-state index contributed by atoms with van der Waals surface area (Å²) >= 11 is 0. The van der Waals surface area contributed by atoms with E-state index in [-0.39, 0.29) is 28.4 Å². The standard InChI is InChI=1S/C23H16N4O6S/c24-13-20-16(14-26-11-4-3-10-22(20)26)15-33-23(28)19-8-1-2-9-21(19)25-34(31,32)18-7-5-6-17(12-18)27(29)30/h1-12,14,25H,15H2. The number of benzene rings is 2. The van der Waals surface area contributed by atoms with Gasteiger partial charge in [0.1, 0.15) is 12.7 Å². The summed E-state index contributed by atoms with van der Waals surface area (Å²) in [7, 11) is -4.23. The number of nitrogens with zero attached hydrogens (tertiary/aromatic N) is 3. The summed E-state index contributed by atoms with van der Waals surface area (Å²) in [5, 5.41) is 20.5. The second kappa shape index (κ2) is 9.05. The summed E-state index contributed by atoms with van der Waals surface area (Å²) in [4.78, 5) is 22.7. The van der Waals surface area contributed by atoms with Crippen LogP contribution in [0.3, 0.4) is 0 Å². The number of carbonyl (C=O) groups excluding carboxylic acids is 1. The van der Waals surface area contributed by atoms with Crippen LogP contribution < -0.4 is 4.72 Å². The van der Waals surface area contributed by atoms with E-state index in [0.29, 0.717) is 16.6 Å². The molecule has 0 aliphatic carbocycles. The Morgan fingerprint density at radius 2 is 1.88 bits per heavy atom. The van der Waals surface area contributed by atoms with Crippen LogP contribution in [0.25, 0.3) is 5.52 Å². The smallest absolute Gasteiger partial charge is 0.340 e. The van der Waals surface area contributed by atoms with E-state index < -0.39 is 20.9 Å². The Bertz CT molecular complexity index is 1570. The third kappa shape index (κ3) is 4.43. The molecular formula is C23H16N4O6S. The molecule has 1 N–H and O–H groups in total. The van der Waals surface area contributed by atoms with Crippen molar-refractivity contribution >= 4 is 32.9 Å². The lowest BCUT2D eigenvalue weighted by molar-refractivity contribution is -0.385. The molecule has 4 aromatic rings. The molecule has 0 atom stereocenters. The van der Waals surface area contributed by atoms with Crippen LogP contribution in [0, 0.1) is 21.4 Å². The molecule has 0 aliphatic heterocycles. The molecule has 34 heavy (non-hydrogen) atoms. The fourth-order valence-electron chi connectivity index (χ4n) is 3.36. The fourth-order valence-corrected chi connectivity index (χ4v) is 4.47. The van der Waals surface area contributed by atoms with Crippen LogP contribution >= 0.6 is 0 Å². The van der Waals surface area contributed by atoms with Crippen LogP contribution in [0.5, 0.6) is 0 Å². The van der Waals surface area contributed by atoms with Gasteiger partial charge in [-0.05, 0) is 30.3 Å². The fraction of sp³-hybridized carbons (Fsp3) is 0.0435. The topological polar surface area (TPSA) is 144 Å². The van der Waals surface area contributed by atoms with Gasteiger partial charge in [0.05, 0.1) is 32.1 Å². The number of carbonyl (C=O) groups is 1. The average molecular weight is 476 g/mol. The lowest BCUT2D eigenvalue weighted by Gasteiger charge is -2.12. The highest BCUT2D eigenvalue weighted by atomic mass is 32.2. The first-order valence-electron chi connectivity index (χ1n) is 9.82. The molecule has 0 fully saturated rings. The van der Waals surface area contributed by atoms with Crippen LogP contribution in [0.2, 0.25) is 0 Å². The second-order valence-electron chi connectivity index (χ2n) is 7.12. The lowest BCUT2D eigenvalue weighted by atomic mass is 10.2. The van der Waals surface area contributed by atoms with Gasteiger partial charge >= 0.3 is 5.97 Å². The van der Waals surface area contributed by atoms with E-state index >= 15 is 0 Å². The Labute approximate surface area is 193 Å². The number of aromatic nitrogens is 1. The Balaban J connectivity index is 1.57. The number of hydrogen-bond donors (Lipinski definition) is 1. The largest absolute Gasteiger partial charge is 0.457 e. The number of anilines is 1. The van der Waals surface area contributed by atoms with Crippen molar-refractivity contribution < 1.29 is 22.9 Å². The summed E-state index contributed by atoms with van der Waals surface area (Å²) in [5.41, 5.74) is 1.04. The summed E-state index contributed by atoms with van der Waals surface area (Å²) in [6, 6.07) is 17.8. The molecule has 0 bridgehead atoms. The van der Waals surface area contributed by atoms with Gasteiger partial charge in [0.2, 0.25) is 0 Å². The van der Waals surface area contributed by atoms with Gasteiger partial charge in [0.25, 0.3) is 15.7 Å². The van der Waals surface area contributed by atoms with Crippen molar-refractivity contribution in [2.24, 2.45) is 0 Å². The summed E-state index contributed by atoms with van der Waals surface area (Å²) < 4.78 is 35.0. The number of nitro benzene ring substituents is 1. The number of pyridine rings is 1. The predicted octanol–water partition coefficient (Wildman–Crippen LogP) is 3.88. The zero-order chi connectivity index (χ0) is 24.3. The normalized spacial score (nSPS) is 11.0. The number of rotatable bonds is 7. The molecule has 2 heterocycles. The molecule has 0 unspecified atom stereocenters. The van der Waals surface area contributed by atoms with Gasteiger partial charge in [0.15, 0.2) is 0 Å². The van der Waals surface area contributed by atoms with Gasteiger partial charge in [0, 0.05) is 30.1 Å². The number of esters is 1. The quantitative estimate of drug-likeness (QED) is 0.242. The van der Waals surface area contributed by atoms with Crippen molar-refractivity contribution in [1.29, 1.82) is 5.26 Å². The minimum atomic E-state index is -4.23. The van der Waals surface area contributed by atoms with E-state index in [9.17, 15) is 28.6 Å². The highest BCUT2D eigenvalue weighted by Crippen LogP contribution is 2.24. The summed E-state index contributed by atoms with van der Waals surface area (Å²) in [6.45, 7) is -0.199. The minimum Gasteiger partial charge on any atom is -0.457 e. The van der Waals surface area contributed by atoms with Gasteiger partial charge in [-0.1, -0.05) is 24.3 Å². The minimum absolute atomic E-state index is 0.0541. The van der Waals surface area contributed by atoms with Crippen molar-refractivity contribution in [2.75, 3.05) is 4.72 Å². The number of non-ortho nitro benzene ring substituents is 1. The molecule has 0 saturated heterocycles. The van der Waals surface area contributed by atoms with Crippen LogP contribution in [0.15, 0.2) is 84.0 Å². The summed E-state index contributed by atoms with van der Waals surface area (Å²) in [5.74, 6) is -0.809. The molecule has 2 aromatic heterocycles. The number of sulfonamides is 1. The first-order valence-corrected chi connectivity index (χ1v) is 11.3. The van der Waals surface area contributed by atoms with Crippen LogP contribution in [0.4, 0.5) is 11.4 Å². The number of hydrogen-bond acceptors (Lipinski definition) is 7. The third-order valence-electron chi connectivity index (χ3n) is 4.96. The molecule has 4 rings (SSSR count). The Morgan fingerprint density at radius 3 is 2.65 bits per heavy atom. The van der Waals surface area contributed by atoms with Gasteiger partial charge in [-0.2, -0.15) is 5.26 Å². The molecule has 10 nitrogen and oxygen atoms in total. The van der Waals surface area contributed by atoms with Crippen molar-refractivity contribution in [1.82, 2.24) is 4.40 Å². The number of para-hydroxylation sites is 1. The average Bonchev–Trinajstić information content (AvgIpc) is 3.20. The Kier molecular flexibility index (Phi) is 5.99. The maximum absolute atomic E-state index is 12.8. The molecular weight excluding hydrogens is 460 g/mol. The molecule has 11 heteroatoms. The number of ether oxygens (including phenoxy) is 1. The van der Waals surface area contributed by atoms with E-state index in [1.807, 2.05) is 0 Å². The highest BCUT2D eigenvalue weighted by Gasteiger charge is 2.22. The third-order valence-corrected chi connectivity index (χ3v) is 6.33. The lowest BCUT2D eigenvalue weighted by Crippen LogP contribution is -2.16. The van der Waals surface area contributed by atoms with Crippen LogP contribution in [-0.2, 0) is 21.4 Å². The predicted molar refractivity (Wildman–Crippen MR) is 122 cm³/mol. The van der Waals surface area contributed by atoms with Gasteiger partial charge in [-0.25, -0.2) is 13.2 Å². The SMILES string of the molecule is N#Cc1c(COC(=O)c2ccccc2NS(=O)(=O)c2cccc([N+](=O)[O-])c2)cn2ccccc12. The summed E-state index contributed by atoms with van der Waals surface area (Å²) in [6.07, 6.45) is 3.44. The van der Waals surface area contributed by atoms with Crippen molar-refractivity contribution in [3.63, 3.8) is 0 Å². The molecule has 0 spiro atoms. The van der Waals surface area contributed by atoms with E-state index in [1.54, 1.807) is 35.0 Å². The van der Waals surface area contributed by atoms with Crippen molar-refractivity contribution in [2.45, 2.75) is 11.5 Å². The number of fused-ring (bicyclic) bond motifs is 1. The van der Waals surface area contributed by atoms with E-state index in [4.69, 9.17) is 4.74 Å².